The third-order valence-corrected chi connectivity index (χ3v) is 6.21. The van der Waals surface area contributed by atoms with E-state index in [1.165, 1.54) is 17.3 Å². The third kappa shape index (κ3) is 4.73. The van der Waals surface area contributed by atoms with Gasteiger partial charge in [-0.3, -0.25) is 9.69 Å². The molecule has 1 aromatic carbocycles. The molecule has 0 N–H and O–H groups in total. The Bertz CT molecular complexity index is 870. The van der Waals surface area contributed by atoms with Crippen LogP contribution in [0.4, 0.5) is 0 Å². The Labute approximate surface area is 171 Å². The first-order chi connectivity index (χ1) is 13.5. The maximum absolute atomic E-state index is 12.7. The van der Waals surface area contributed by atoms with Gasteiger partial charge in [-0.15, -0.1) is 0 Å². The van der Waals surface area contributed by atoms with Crippen molar-refractivity contribution >= 4 is 17.7 Å². The highest BCUT2D eigenvalue weighted by molar-refractivity contribution is 8.00. The summed E-state index contributed by atoms with van der Waals surface area (Å²) in [6, 6.07) is 14.9. The number of aromatic nitrogens is 1. The van der Waals surface area contributed by atoms with Crippen LogP contribution in [0.15, 0.2) is 41.4 Å². The zero-order valence-electron chi connectivity index (χ0n) is 16.7. The van der Waals surface area contributed by atoms with Gasteiger partial charge in [-0.25, -0.2) is 4.98 Å². The van der Waals surface area contributed by atoms with Crippen LogP contribution in [0.5, 0.6) is 0 Å². The van der Waals surface area contributed by atoms with Gasteiger partial charge in [-0.05, 0) is 38.0 Å². The Morgan fingerprint density at radius 2 is 1.89 bits per heavy atom. The van der Waals surface area contributed by atoms with Crippen LogP contribution in [-0.4, -0.2) is 52.6 Å². The van der Waals surface area contributed by atoms with Crippen LogP contribution in [-0.2, 0) is 4.79 Å². The molecule has 146 valence electrons. The summed E-state index contributed by atoms with van der Waals surface area (Å²) in [6.07, 6.45) is 0. The topological polar surface area (TPSA) is 60.2 Å². The number of piperazine rings is 1. The van der Waals surface area contributed by atoms with Crippen molar-refractivity contribution in [2.45, 2.75) is 31.8 Å². The largest absolute Gasteiger partial charge is 0.339 e. The lowest BCUT2D eigenvalue weighted by Gasteiger charge is -2.38. The van der Waals surface area contributed by atoms with E-state index >= 15 is 0 Å². The van der Waals surface area contributed by atoms with Crippen LogP contribution in [0.3, 0.4) is 0 Å². The number of hydrogen-bond donors (Lipinski definition) is 0. The van der Waals surface area contributed by atoms with Crippen LogP contribution in [0.2, 0.25) is 0 Å². The van der Waals surface area contributed by atoms with Gasteiger partial charge in [-0.2, -0.15) is 5.26 Å². The van der Waals surface area contributed by atoms with Gasteiger partial charge in [0.2, 0.25) is 5.91 Å². The summed E-state index contributed by atoms with van der Waals surface area (Å²) in [4.78, 5) is 21.5. The summed E-state index contributed by atoms with van der Waals surface area (Å²) in [5, 5.41) is 10.0. The molecule has 1 amide bonds. The Morgan fingerprint density at radius 1 is 1.21 bits per heavy atom. The summed E-state index contributed by atoms with van der Waals surface area (Å²) in [5.41, 5.74) is 3.66. The van der Waals surface area contributed by atoms with Crippen molar-refractivity contribution in [3.8, 4) is 6.07 Å². The average molecular weight is 395 g/mol. The molecule has 28 heavy (non-hydrogen) atoms. The van der Waals surface area contributed by atoms with E-state index in [-0.39, 0.29) is 5.91 Å². The molecule has 0 saturated carbocycles. The van der Waals surface area contributed by atoms with Crippen LogP contribution in [0, 0.1) is 25.2 Å². The van der Waals surface area contributed by atoms with Crippen molar-refractivity contribution in [1.29, 1.82) is 5.26 Å². The highest BCUT2D eigenvalue weighted by atomic mass is 32.2. The lowest BCUT2D eigenvalue weighted by atomic mass is 10.1. The van der Waals surface area contributed by atoms with Gasteiger partial charge in [0.25, 0.3) is 0 Å². The maximum Gasteiger partial charge on any atom is 0.233 e. The summed E-state index contributed by atoms with van der Waals surface area (Å²) in [6.45, 7) is 9.26. The molecule has 0 radical (unpaired) electrons. The lowest BCUT2D eigenvalue weighted by Crippen LogP contribution is -2.49. The molecular weight excluding hydrogens is 368 g/mol. The first-order valence-electron chi connectivity index (χ1n) is 9.57. The Morgan fingerprint density at radius 3 is 2.54 bits per heavy atom. The number of carbonyl (C=O) groups is 1. The monoisotopic (exact) mass is 394 g/mol. The summed E-state index contributed by atoms with van der Waals surface area (Å²) in [5.74, 6) is 0.431. The van der Waals surface area contributed by atoms with Crippen molar-refractivity contribution in [3.63, 3.8) is 0 Å². The van der Waals surface area contributed by atoms with Gasteiger partial charge in [0.05, 0.1) is 11.3 Å². The zero-order valence-corrected chi connectivity index (χ0v) is 17.5. The number of hydrogen-bond acceptors (Lipinski definition) is 5. The molecule has 2 aromatic rings. The molecule has 5 nitrogen and oxygen atoms in total. The van der Waals surface area contributed by atoms with E-state index in [1.807, 2.05) is 30.9 Å². The second-order valence-electron chi connectivity index (χ2n) is 7.16. The summed E-state index contributed by atoms with van der Waals surface area (Å²) < 4.78 is 0. The van der Waals surface area contributed by atoms with Gasteiger partial charge >= 0.3 is 0 Å². The minimum atomic E-state index is 0.113. The standard InChI is InChI=1S/C22H26N4OS/c1-16-13-17(2)24-22(20(16)14-23)28-15-21(27)26-11-9-25(10-12-26)18(3)19-7-5-4-6-8-19/h4-8,13,18H,9-12,15H2,1-3H3/t18-/m0/s1. The van der Waals surface area contributed by atoms with E-state index in [2.05, 4.69) is 47.1 Å². The fourth-order valence-electron chi connectivity index (χ4n) is 3.57. The maximum atomic E-state index is 12.7. The molecule has 1 aliphatic rings. The third-order valence-electron chi connectivity index (χ3n) is 5.25. The lowest BCUT2D eigenvalue weighted by molar-refractivity contribution is -0.130. The molecule has 1 atom stereocenters. The number of rotatable bonds is 5. The molecular formula is C22H26N4OS. The minimum Gasteiger partial charge on any atom is -0.339 e. The first-order valence-corrected chi connectivity index (χ1v) is 10.6. The minimum absolute atomic E-state index is 0.113. The highest BCUT2D eigenvalue weighted by Gasteiger charge is 2.25. The Kier molecular flexibility index (Phi) is 6.71. The first kappa shape index (κ1) is 20.4. The van der Waals surface area contributed by atoms with E-state index in [1.54, 1.807) is 0 Å². The number of benzene rings is 1. The van der Waals surface area contributed by atoms with Crippen molar-refractivity contribution in [3.05, 3.63) is 58.8 Å². The van der Waals surface area contributed by atoms with E-state index in [9.17, 15) is 10.1 Å². The fraction of sp³-hybridized carbons (Fsp3) is 0.409. The van der Waals surface area contributed by atoms with Crippen molar-refractivity contribution in [2.75, 3.05) is 31.9 Å². The molecule has 0 unspecified atom stereocenters. The van der Waals surface area contributed by atoms with Crippen LogP contribution < -0.4 is 0 Å². The van der Waals surface area contributed by atoms with Gasteiger partial charge < -0.3 is 4.90 Å². The number of nitriles is 1. The van der Waals surface area contributed by atoms with E-state index < -0.39 is 0 Å². The molecule has 0 bridgehead atoms. The van der Waals surface area contributed by atoms with Gasteiger partial charge in [0.15, 0.2) is 0 Å². The smallest absolute Gasteiger partial charge is 0.233 e. The van der Waals surface area contributed by atoms with Crippen molar-refractivity contribution in [1.82, 2.24) is 14.8 Å². The quantitative estimate of drug-likeness (QED) is 0.726. The zero-order chi connectivity index (χ0) is 20.1. The van der Waals surface area contributed by atoms with Gasteiger partial charge in [0, 0.05) is 37.9 Å². The van der Waals surface area contributed by atoms with E-state index in [0.717, 1.165) is 37.4 Å². The molecule has 0 aliphatic carbocycles. The molecule has 1 fully saturated rings. The number of nitrogens with zero attached hydrogens (tertiary/aromatic N) is 4. The molecule has 1 aliphatic heterocycles. The number of aryl methyl sites for hydroxylation is 2. The van der Waals surface area contributed by atoms with Crippen LogP contribution >= 0.6 is 11.8 Å². The molecule has 1 aromatic heterocycles. The predicted molar refractivity (Wildman–Crippen MR) is 112 cm³/mol. The molecule has 6 heteroatoms. The second kappa shape index (κ2) is 9.22. The van der Waals surface area contributed by atoms with E-state index in [0.29, 0.717) is 22.4 Å². The summed E-state index contributed by atoms with van der Waals surface area (Å²) in [7, 11) is 0. The van der Waals surface area contributed by atoms with E-state index in [4.69, 9.17) is 0 Å². The molecule has 1 saturated heterocycles. The molecule has 3 rings (SSSR count). The molecule has 0 spiro atoms. The number of carbonyl (C=O) groups excluding carboxylic acids is 1. The second-order valence-corrected chi connectivity index (χ2v) is 8.13. The van der Waals surface area contributed by atoms with Gasteiger partial charge in [0.1, 0.15) is 11.1 Å². The van der Waals surface area contributed by atoms with Crippen LogP contribution in [0.25, 0.3) is 0 Å². The highest BCUT2D eigenvalue weighted by Crippen LogP contribution is 2.25. The number of pyridine rings is 1. The number of amides is 1. The van der Waals surface area contributed by atoms with Crippen molar-refractivity contribution in [2.24, 2.45) is 0 Å². The number of thioether (sulfide) groups is 1. The van der Waals surface area contributed by atoms with Crippen LogP contribution in [0.1, 0.15) is 35.3 Å². The Balaban J connectivity index is 1.54. The normalized spacial score (nSPS) is 15.9. The fourth-order valence-corrected chi connectivity index (χ4v) is 4.57. The van der Waals surface area contributed by atoms with Crippen molar-refractivity contribution < 1.29 is 4.79 Å². The SMILES string of the molecule is Cc1cc(C)c(C#N)c(SCC(=O)N2CCN([C@@H](C)c3ccccc3)CC2)n1. The molecule has 2 heterocycles. The van der Waals surface area contributed by atoms with Gasteiger partial charge in [-0.1, -0.05) is 42.1 Å². The average Bonchev–Trinajstić information content (AvgIpc) is 2.72. The Hall–Kier alpha value is -2.36. The summed E-state index contributed by atoms with van der Waals surface area (Å²) >= 11 is 1.37. The predicted octanol–water partition coefficient (Wildman–Crippen LogP) is 3.57.